The minimum absolute atomic E-state index is 0.0758. The first-order chi connectivity index (χ1) is 13.0. The molecular formula is C20H17ClFNO4. The highest BCUT2D eigenvalue weighted by Crippen LogP contribution is 2.40. The fourth-order valence-electron chi connectivity index (χ4n) is 3.11. The third-order valence-electron chi connectivity index (χ3n) is 4.37. The van der Waals surface area contributed by atoms with Gasteiger partial charge in [-0.15, -0.1) is 0 Å². The first kappa shape index (κ1) is 19.1. The Labute approximate surface area is 160 Å². The monoisotopic (exact) mass is 389 g/mol. The summed E-state index contributed by atoms with van der Waals surface area (Å²) in [6, 6.07) is 11.0. The summed E-state index contributed by atoms with van der Waals surface area (Å²) in [6.07, 6.45) is 0. The van der Waals surface area contributed by atoms with Crippen LogP contribution in [0.1, 0.15) is 17.2 Å². The fourth-order valence-corrected chi connectivity index (χ4v) is 3.30. The molecule has 0 aliphatic carbocycles. The number of amides is 1. The van der Waals surface area contributed by atoms with Crippen LogP contribution in [0.25, 0.3) is 5.76 Å². The first-order valence-electron chi connectivity index (χ1n) is 8.23. The smallest absolute Gasteiger partial charge is 0.295 e. The molecule has 27 heavy (non-hydrogen) atoms. The molecule has 0 aromatic heterocycles. The standard InChI is InChI=1S/C20H17ClFNO4/c1-27-10-9-23-17(14-7-2-3-8-15(14)22)16(19(25)20(23)26)18(24)12-5-4-6-13(21)11-12/h2-8,11,17,24H,9-10H2,1H3/b18-16-. The van der Waals surface area contributed by atoms with Gasteiger partial charge >= 0.3 is 0 Å². The minimum Gasteiger partial charge on any atom is -0.507 e. The SMILES string of the molecule is COCCN1C(=O)C(=O)/C(=C(\O)c2cccc(Cl)c2)C1c1ccccc1F. The van der Waals surface area contributed by atoms with Crippen LogP contribution in [0.4, 0.5) is 4.39 Å². The molecule has 1 aliphatic rings. The van der Waals surface area contributed by atoms with E-state index >= 15 is 0 Å². The van der Waals surface area contributed by atoms with Gasteiger partial charge in [0.25, 0.3) is 11.7 Å². The maximum Gasteiger partial charge on any atom is 0.295 e. The molecule has 7 heteroatoms. The van der Waals surface area contributed by atoms with Crippen molar-refractivity contribution in [2.24, 2.45) is 0 Å². The van der Waals surface area contributed by atoms with E-state index in [4.69, 9.17) is 16.3 Å². The second-order valence-corrected chi connectivity index (χ2v) is 6.45. The Balaban J connectivity index is 2.20. The van der Waals surface area contributed by atoms with E-state index in [9.17, 15) is 19.1 Å². The molecule has 0 radical (unpaired) electrons. The number of aliphatic hydroxyl groups is 1. The van der Waals surface area contributed by atoms with Crippen LogP contribution < -0.4 is 0 Å². The van der Waals surface area contributed by atoms with Gasteiger partial charge in [-0.25, -0.2) is 4.39 Å². The number of ether oxygens (including phenoxy) is 1. The van der Waals surface area contributed by atoms with Gasteiger partial charge in [-0.3, -0.25) is 9.59 Å². The van der Waals surface area contributed by atoms with Gasteiger partial charge in [-0.1, -0.05) is 41.9 Å². The van der Waals surface area contributed by atoms with E-state index in [1.54, 1.807) is 24.3 Å². The summed E-state index contributed by atoms with van der Waals surface area (Å²) in [5, 5.41) is 11.1. The molecule has 5 nitrogen and oxygen atoms in total. The molecule has 1 amide bonds. The van der Waals surface area contributed by atoms with Crippen LogP contribution in [0.2, 0.25) is 5.02 Å². The lowest BCUT2D eigenvalue weighted by Crippen LogP contribution is -2.33. The van der Waals surface area contributed by atoms with Gasteiger partial charge in [0.2, 0.25) is 0 Å². The third kappa shape index (κ3) is 3.59. The van der Waals surface area contributed by atoms with Crippen LogP contribution in [0.3, 0.4) is 0 Å². The summed E-state index contributed by atoms with van der Waals surface area (Å²) in [5.74, 6) is -2.67. The van der Waals surface area contributed by atoms with Crippen LogP contribution in [-0.4, -0.2) is 42.0 Å². The van der Waals surface area contributed by atoms with Crippen LogP contribution in [-0.2, 0) is 14.3 Å². The molecule has 3 rings (SSSR count). The van der Waals surface area contributed by atoms with Crippen molar-refractivity contribution in [3.8, 4) is 0 Å². The van der Waals surface area contributed by atoms with Gasteiger partial charge < -0.3 is 14.7 Å². The van der Waals surface area contributed by atoms with Gasteiger partial charge in [0.1, 0.15) is 11.6 Å². The van der Waals surface area contributed by atoms with Crippen molar-refractivity contribution in [1.82, 2.24) is 4.90 Å². The first-order valence-corrected chi connectivity index (χ1v) is 8.61. The zero-order valence-corrected chi connectivity index (χ0v) is 15.2. The number of halogens is 2. The van der Waals surface area contributed by atoms with E-state index in [1.807, 2.05) is 0 Å². The van der Waals surface area contributed by atoms with Crippen LogP contribution in [0.15, 0.2) is 54.1 Å². The van der Waals surface area contributed by atoms with Crippen LogP contribution >= 0.6 is 11.6 Å². The van der Waals surface area contributed by atoms with Gasteiger partial charge in [0.15, 0.2) is 0 Å². The number of rotatable bonds is 5. The minimum atomic E-state index is -1.06. The van der Waals surface area contributed by atoms with Crippen molar-refractivity contribution in [2.45, 2.75) is 6.04 Å². The molecular weight excluding hydrogens is 373 g/mol. The third-order valence-corrected chi connectivity index (χ3v) is 4.61. The summed E-state index contributed by atoms with van der Waals surface area (Å²) in [7, 11) is 1.46. The highest BCUT2D eigenvalue weighted by Gasteiger charge is 2.46. The molecule has 1 saturated heterocycles. The van der Waals surface area contributed by atoms with Crippen LogP contribution in [0, 0.1) is 5.82 Å². The van der Waals surface area contributed by atoms with E-state index in [1.165, 1.54) is 36.3 Å². The Morgan fingerprint density at radius 3 is 2.63 bits per heavy atom. The number of hydrogen-bond donors (Lipinski definition) is 1. The van der Waals surface area contributed by atoms with Crippen molar-refractivity contribution >= 4 is 29.1 Å². The Morgan fingerprint density at radius 2 is 1.96 bits per heavy atom. The van der Waals surface area contributed by atoms with E-state index in [-0.39, 0.29) is 29.9 Å². The number of benzene rings is 2. The number of aliphatic hydroxyl groups excluding tert-OH is 1. The highest BCUT2D eigenvalue weighted by molar-refractivity contribution is 6.46. The molecule has 0 spiro atoms. The normalized spacial score (nSPS) is 18.9. The predicted molar refractivity (Wildman–Crippen MR) is 98.7 cm³/mol. The summed E-state index contributed by atoms with van der Waals surface area (Å²) >= 11 is 5.96. The Kier molecular flexibility index (Phi) is 5.58. The quantitative estimate of drug-likeness (QED) is 0.482. The number of likely N-dealkylation sites (tertiary alicyclic amines) is 1. The van der Waals surface area contributed by atoms with Crippen molar-refractivity contribution in [3.63, 3.8) is 0 Å². The molecule has 1 atom stereocenters. The Morgan fingerprint density at radius 1 is 1.22 bits per heavy atom. The fraction of sp³-hybridized carbons (Fsp3) is 0.200. The predicted octanol–water partition coefficient (Wildman–Crippen LogP) is 3.55. The average Bonchev–Trinajstić information content (AvgIpc) is 2.90. The van der Waals surface area contributed by atoms with E-state index in [2.05, 4.69) is 0 Å². The lowest BCUT2D eigenvalue weighted by atomic mass is 9.95. The number of carbonyl (C=O) groups excluding carboxylic acids is 2. The maximum absolute atomic E-state index is 14.5. The number of methoxy groups -OCH3 is 1. The summed E-state index contributed by atoms with van der Waals surface area (Å²) in [5.41, 5.74) is 0.216. The molecule has 1 fully saturated rings. The summed E-state index contributed by atoms with van der Waals surface area (Å²) in [4.78, 5) is 26.4. The molecule has 2 aromatic rings. The number of ketones is 1. The highest BCUT2D eigenvalue weighted by atomic mass is 35.5. The lowest BCUT2D eigenvalue weighted by Gasteiger charge is -2.25. The summed E-state index contributed by atoms with van der Waals surface area (Å²) in [6.45, 7) is 0.238. The second kappa shape index (κ2) is 7.90. The van der Waals surface area contributed by atoms with E-state index in [0.717, 1.165) is 0 Å². The van der Waals surface area contributed by atoms with E-state index in [0.29, 0.717) is 5.02 Å². The van der Waals surface area contributed by atoms with Crippen molar-refractivity contribution in [1.29, 1.82) is 0 Å². The molecule has 140 valence electrons. The largest absolute Gasteiger partial charge is 0.507 e. The summed E-state index contributed by atoms with van der Waals surface area (Å²) < 4.78 is 19.5. The van der Waals surface area contributed by atoms with Gasteiger partial charge in [0.05, 0.1) is 18.2 Å². The zero-order valence-electron chi connectivity index (χ0n) is 14.5. The number of nitrogens with zero attached hydrogens (tertiary/aromatic N) is 1. The van der Waals surface area contributed by atoms with Crippen LogP contribution in [0.5, 0.6) is 0 Å². The molecule has 1 unspecified atom stereocenters. The number of Topliss-reactive ketones (excluding diaryl/α,β-unsaturated/α-hetero) is 1. The van der Waals surface area contributed by atoms with Crippen molar-refractivity contribution in [3.05, 3.63) is 76.1 Å². The molecule has 0 saturated carbocycles. The second-order valence-electron chi connectivity index (χ2n) is 6.02. The molecule has 1 N–H and O–H groups in total. The van der Waals surface area contributed by atoms with Gasteiger partial charge in [0, 0.05) is 29.8 Å². The van der Waals surface area contributed by atoms with Crippen molar-refractivity contribution in [2.75, 3.05) is 20.3 Å². The molecule has 1 aliphatic heterocycles. The Bertz CT molecular complexity index is 928. The topological polar surface area (TPSA) is 66.8 Å². The van der Waals surface area contributed by atoms with Gasteiger partial charge in [-0.05, 0) is 18.2 Å². The Hall–Kier alpha value is -2.70. The lowest BCUT2D eigenvalue weighted by molar-refractivity contribution is -0.140. The van der Waals surface area contributed by atoms with Crippen molar-refractivity contribution < 1.29 is 23.8 Å². The average molecular weight is 390 g/mol. The molecule has 0 bridgehead atoms. The van der Waals surface area contributed by atoms with Gasteiger partial charge in [-0.2, -0.15) is 0 Å². The number of hydrogen-bond acceptors (Lipinski definition) is 4. The maximum atomic E-state index is 14.5. The van der Waals surface area contributed by atoms with E-state index < -0.39 is 29.3 Å². The zero-order chi connectivity index (χ0) is 19.6. The number of carbonyl (C=O) groups is 2. The molecule has 2 aromatic carbocycles. The molecule has 1 heterocycles.